The minimum atomic E-state index is -0.518. The lowest BCUT2D eigenvalue weighted by Crippen LogP contribution is -2.47. The zero-order valence-electron chi connectivity index (χ0n) is 12.0. The van der Waals surface area contributed by atoms with Crippen LogP contribution in [-0.4, -0.2) is 40.2 Å². The molecule has 0 unspecified atom stereocenters. The number of esters is 1. The third kappa shape index (κ3) is 2.03. The predicted molar refractivity (Wildman–Crippen MR) is 78.9 cm³/mol. The normalized spacial score (nSPS) is 28.9. The Morgan fingerprint density at radius 2 is 2.23 bits per heavy atom. The summed E-state index contributed by atoms with van der Waals surface area (Å²) >= 11 is 1.65. The highest BCUT2D eigenvalue weighted by Crippen LogP contribution is 2.47. The molecule has 22 heavy (non-hydrogen) atoms. The standard InChI is InChI=1S/C15H15NO5S/c1-15-5-4-13(17)16(15)10(7-22-15)14(18)21-9-2-3-11-12(6-9)20-8-19-11/h2-3,6,10H,4-5,7-8H2,1H3/t10-,15-/m1/s1. The van der Waals surface area contributed by atoms with E-state index in [9.17, 15) is 9.59 Å². The van der Waals surface area contributed by atoms with Gasteiger partial charge in [-0.3, -0.25) is 4.79 Å². The van der Waals surface area contributed by atoms with Crippen LogP contribution in [-0.2, 0) is 9.59 Å². The molecule has 0 saturated carbocycles. The topological polar surface area (TPSA) is 65.1 Å². The monoisotopic (exact) mass is 321 g/mol. The number of carbonyl (C=O) groups is 2. The predicted octanol–water partition coefficient (Wildman–Crippen LogP) is 1.77. The van der Waals surface area contributed by atoms with Crippen molar-refractivity contribution in [1.82, 2.24) is 4.90 Å². The average molecular weight is 321 g/mol. The van der Waals surface area contributed by atoms with Gasteiger partial charge in [0, 0.05) is 18.2 Å². The van der Waals surface area contributed by atoms with Gasteiger partial charge in [-0.05, 0) is 25.5 Å². The molecule has 116 valence electrons. The SMILES string of the molecule is C[C@@]12CCC(=O)N1[C@@H](C(=O)Oc1ccc3c(c1)OCO3)CS2. The van der Waals surface area contributed by atoms with Crippen LogP contribution in [0.4, 0.5) is 0 Å². The van der Waals surface area contributed by atoms with Crippen LogP contribution in [0.5, 0.6) is 17.2 Å². The van der Waals surface area contributed by atoms with Crippen LogP contribution in [0.15, 0.2) is 18.2 Å². The van der Waals surface area contributed by atoms with Gasteiger partial charge in [0.05, 0.1) is 4.87 Å². The van der Waals surface area contributed by atoms with Crippen LogP contribution in [0.1, 0.15) is 19.8 Å². The molecule has 0 spiro atoms. The first-order valence-corrected chi connectivity index (χ1v) is 8.13. The van der Waals surface area contributed by atoms with Gasteiger partial charge in [0.15, 0.2) is 11.5 Å². The molecule has 0 N–H and O–H groups in total. The van der Waals surface area contributed by atoms with Gasteiger partial charge in [0.25, 0.3) is 0 Å². The molecule has 0 aromatic heterocycles. The number of nitrogens with zero attached hydrogens (tertiary/aromatic N) is 1. The van der Waals surface area contributed by atoms with E-state index in [2.05, 4.69) is 0 Å². The molecule has 0 aliphatic carbocycles. The van der Waals surface area contributed by atoms with Gasteiger partial charge in [0.1, 0.15) is 11.8 Å². The summed E-state index contributed by atoms with van der Waals surface area (Å²) in [6, 6.07) is 4.49. The summed E-state index contributed by atoms with van der Waals surface area (Å²) in [7, 11) is 0. The molecule has 1 amide bonds. The molecule has 1 aromatic rings. The van der Waals surface area contributed by atoms with E-state index in [1.807, 2.05) is 6.92 Å². The first-order valence-electron chi connectivity index (χ1n) is 7.14. The van der Waals surface area contributed by atoms with E-state index in [0.717, 1.165) is 6.42 Å². The van der Waals surface area contributed by atoms with E-state index in [1.165, 1.54) is 0 Å². The first kappa shape index (κ1) is 13.8. The average Bonchev–Trinajstić information content (AvgIpc) is 3.15. The van der Waals surface area contributed by atoms with Crippen molar-refractivity contribution in [3.05, 3.63) is 18.2 Å². The zero-order chi connectivity index (χ0) is 15.3. The number of carbonyl (C=O) groups excluding carboxylic acids is 2. The molecule has 2 fully saturated rings. The highest BCUT2D eigenvalue weighted by molar-refractivity contribution is 8.01. The van der Waals surface area contributed by atoms with Crippen molar-refractivity contribution in [2.45, 2.75) is 30.7 Å². The Balaban J connectivity index is 1.52. The Morgan fingerprint density at radius 1 is 1.41 bits per heavy atom. The van der Waals surface area contributed by atoms with Gasteiger partial charge < -0.3 is 19.1 Å². The van der Waals surface area contributed by atoms with Gasteiger partial charge in [-0.2, -0.15) is 0 Å². The maximum Gasteiger partial charge on any atom is 0.335 e. The maximum atomic E-state index is 12.4. The number of hydrogen-bond acceptors (Lipinski definition) is 6. The summed E-state index contributed by atoms with van der Waals surface area (Å²) in [4.78, 5) is 25.9. The number of thioether (sulfide) groups is 1. The summed E-state index contributed by atoms with van der Waals surface area (Å²) in [5, 5.41) is 0. The number of ether oxygens (including phenoxy) is 3. The van der Waals surface area contributed by atoms with Crippen LogP contribution in [0.25, 0.3) is 0 Å². The van der Waals surface area contributed by atoms with Crippen molar-refractivity contribution in [2.75, 3.05) is 12.5 Å². The van der Waals surface area contributed by atoms with Crippen molar-refractivity contribution in [2.24, 2.45) is 0 Å². The Labute approximate surface area is 131 Å². The molecule has 3 aliphatic heterocycles. The Morgan fingerprint density at radius 3 is 3.09 bits per heavy atom. The van der Waals surface area contributed by atoms with Crippen molar-refractivity contribution in [3.63, 3.8) is 0 Å². The van der Waals surface area contributed by atoms with Crippen LogP contribution < -0.4 is 14.2 Å². The molecule has 1 aromatic carbocycles. The highest BCUT2D eigenvalue weighted by atomic mass is 32.2. The second-order valence-electron chi connectivity index (χ2n) is 5.70. The fourth-order valence-corrected chi connectivity index (χ4v) is 4.54. The third-order valence-corrected chi connectivity index (χ3v) is 5.78. The van der Waals surface area contributed by atoms with Gasteiger partial charge in [0.2, 0.25) is 12.7 Å². The van der Waals surface area contributed by atoms with E-state index in [1.54, 1.807) is 34.9 Å². The largest absolute Gasteiger partial charge is 0.454 e. The van der Waals surface area contributed by atoms with Crippen molar-refractivity contribution in [3.8, 4) is 17.2 Å². The number of fused-ring (bicyclic) bond motifs is 2. The second kappa shape index (κ2) is 4.81. The van der Waals surface area contributed by atoms with Crippen LogP contribution >= 0.6 is 11.8 Å². The van der Waals surface area contributed by atoms with Crippen molar-refractivity contribution in [1.29, 1.82) is 0 Å². The van der Waals surface area contributed by atoms with Crippen molar-refractivity contribution < 1.29 is 23.8 Å². The van der Waals surface area contributed by atoms with Gasteiger partial charge in [-0.1, -0.05) is 0 Å². The molecule has 2 atom stereocenters. The molecular formula is C15H15NO5S. The minimum Gasteiger partial charge on any atom is -0.454 e. The molecule has 0 radical (unpaired) electrons. The smallest absolute Gasteiger partial charge is 0.335 e. The third-order valence-electron chi connectivity index (χ3n) is 4.28. The molecule has 0 bridgehead atoms. The molecule has 3 aliphatic rings. The molecule has 7 heteroatoms. The summed E-state index contributed by atoms with van der Waals surface area (Å²) in [6.45, 7) is 2.18. The van der Waals surface area contributed by atoms with Gasteiger partial charge >= 0.3 is 5.97 Å². The van der Waals surface area contributed by atoms with E-state index < -0.39 is 12.0 Å². The molecular weight excluding hydrogens is 306 g/mol. The minimum absolute atomic E-state index is 0.0279. The summed E-state index contributed by atoms with van der Waals surface area (Å²) in [5.41, 5.74) is 0. The van der Waals surface area contributed by atoms with E-state index >= 15 is 0 Å². The van der Waals surface area contributed by atoms with Crippen LogP contribution in [0.3, 0.4) is 0 Å². The van der Waals surface area contributed by atoms with E-state index in [4.69, 9.17) is 14.2 Å². The van der Waals surface area contributed by atoms with Crippen LogP contribution in [0, 0.1) is 0 Å². The summed E-state index contributed by atoms with van der Waals surface area (Å²) in [5.74, 6) is 1.81. The lowest BCUT2D eigenvalue weighted by Gasteiger charge is -2.29. The van der Waals surface area contributed by atoms with Gasteiger partial charge in [-0.15, -0.1) is 11.8 Å². The number of benzene rings is 1. The number of rotatable bonds is 2. The second-order valence-corrected chi connectivity index (χ2v) is 7.20. The van der Waals surface area contributed by atoms with E-state index in [-0.39, 0.29) is 17.6 Å². The molecule has 3 heterocycles. The lowest BCUT2D eigenvalue weighted by atomic mass is 10.2. The molecule has 2 saturated heterocycles. The number of hydrogen-bond donors (Lipinski definition) is 0. The van der Waals surface area contributed by atoms with E-state index in [0.29, 0.717) is 29.4 Å². The maximum absolute atomic E-state index is 12.4. The fraction of sp³-hybridized carbons (Fsp3) is 0.467. The fourth-order valence-electron chi connectivity index (χ4n) is 3.12. The Bertz CT molecular complexity index is 663. The quantitative estimate of drug-likeness (QED) is 0.611. The van der Waals surface area contributed by atoms with Gasteiger partial charge in [-0.25, -0.2) is 4.79 Å². The summed E-state index contributed by atoms with van der Waals surface area (Å²) < 4.78 is 15.9. The first-order chi connectivity index (χ1) is 10.6. The zero-order valence-corrected chi connectivity index (χ0v) is 12.9. The molecule has 6 nitrogen and oxygen atoms in total. The Kier molecular flexibility index (Phi) is 3.00. The number of amides is 1. The van der Waals surface area contributed by atoms with Crippen molar-refractivity contribution >= 4 is 23.6 Å². The molecule has 4 rings (SSSR count). The van der Waals surface area contributed by atoms with Crippen LogP contribution in [0.2, 0.25) is 0 Å². The Hall–Kier alpha value is -1.89. The highest BCUT2D eigenvalue weighted by Gasteiger charge is 2.53. The lowest BCUT2D eigenvalue weighted by molar-refractivity contribution is -0.146. The summed E-state index contributed by atoms with van der Waals surface area (Å²) in [6.07, 6.45) is 1.28.